The molecule has 1 saturated heterocycles. The second-order valence-corrected chi connectivity index (χ2v) is 7.32. The number of imide groups is 1. The maximum atomic E-state index is 12.9. The van der Waals surface area contributed by atoms with Gasteiger partial charge < -0.3 is 10.6 Å². The predicted octanol–water partition coefficient (Wildman–Crippen LogP) is 1.08. The number of benzene rings is 1. The summed E-state index contributed by atoms with van der Waals surface area (Å²) >= 11 is 5.05. The largest absolute Gasteiger partial charge is 0.357 e. The number of carbonyl (C=O) groups is 3. The summed E-state index contributed by atoms with van der Waals surface area (Å²) in [4.78, 5) is 37.6. The lowest BCUT2D eigenvalue weighted by Crippen LogP contribution is -2.47. The molecule has 0 unspecified atom stereocenters. The summed E-state index contributed by atoms with van der Waals surface area (Å²) in [5.41, 5.74) is 5.04. The van der Waals surface area contributed by atoms with Crippen LogP contribution in [0.4, 0.5) is 9.18 Å². The lowest BCUT2D eigenvalue weighted by molar-refractivity contribution is -0.131. The normalized spacial score (nSPS) is 17.5. The van der Waals surface area contributed by atoms with E-state index in [9.17, 15) is 18.8 Å². The van der Waals surface area contributed by atoms with E-state index in [4.69, 9.17) is 12.2 Å². The molecule has 0 bridgehead atoms. The van der Waals surface area contributed by atoms with E-state index in [0.29, 0.717) is 19.4 Å². The van der Waals surface area contributed by atoms with Crippen molar-refractivity contribution in [2.24, 2.45) is 0 Å². The van der Waals surface area contributed by atoms with Crippen molar-refractivity contribution in [3.8, 4) is 0 Å². The zero-order valence-electron chi connectivity index (χ0n) is 15.2. The smallest absolute Gasteiger partial charge is 0.325 e. The summed E-state index contributed by atoms with van der Waals surface area (Å²) in [5, 5.41) is 5.84. The molecule has 1 aromatic carbocycles. The first-order chi connectivity index (χ1) is 13.4. The third-order valence-corrected chi connectivity index (χ3v) is 5.19. The molecular weight excluding hydrogens is 385 g/mol. The van der Waals surface area contributed by atoms with Crippen LogP contribution in [-0.2, 0) is 16.1 Å². The van der Waals surface area contributed by atoms with Gasteiger partial charge in [-0.25, -0.2) is 9.18 Å². The summed E-state index contributed by atoms with van der Waals surface area (Å²) in [6.45, 7) is 0.377. The van der Waals surface area contributed by atoms with Gasteiger partial charge >= 0.3 is 6.03 Å². The van der Waals surface area contributed by atoms with Crippen LogP contribution in [0.15, 0.2) is 24.3 Å². The molecule has 10 heteroatoms. The Bertz CT molecular complexity index is 780. The monoisotopic (exact) mass is 407 g/mol. The van der Waals surface area contributed by atoms with Gasteiger partial charge in [-0.05, 0) is 42.8 Å². The maximum absolute atomic E-state index is 12.9. The van der Waals surface area contributed by atoms with Gasteiger partial charge in [0.1, 0.15) is 11.4 Å². The van der Waals surface area contributed by atoms with Crippen LogP contribution in [0.1, 0.15) is 37.7 Å². The van der Waals surface area contributed by atoms with Gasteiger partial charge in [0.2, 0.25) is 5.91 Å². The van der Waals surface area contributed by atoms with Crippen LogP contribution in [-0.4, -0.2) is 39.9 Å². The zero-order chi connectivity index (χ0) is 20.1. The Labute approximate surface area is 167 Å². The van der Waals surface area contributed by atoms with Crippen LogP contribution in [0.5, 0.6) is 0 Å². The van der Waals surface area contributed by atoms with Crippen LogP contribution >= 0.6 is 12.2 Å². The molecule has 1 aromatic rings. The van der Waals surface area contributed by atoms with Crippen LogP contribution in [0.25, 0.3) is 0 Å². The Morgan fingerprint density at radius 3 is 2.54 bits per heavy atom. The fourth-order valence-corrected chi connectivity index (χ4v) is 3.55. The lowest BCUT2D eigenvalue weighted by Gasteiger charge is -2.20. The van der Waals surface area contributed by atoms with Gasteiger partial charge in [-0.2, -0.15) is 0 Å². The quantitative estimate of drug-likeness (QED) is 0.331. The van der Waals surface area contributed by atoms with Crippen molar-refractivity contribution in [3.05, 3.63) is 35.6 Å². The number of nitrogens with zero attached hydrogens (tertiary/aromatic N) is 1. The highest BCUT2D eigenvalue weighted by Gasteiger charge is 2.52. The number of nitrogens with one attached hydrogen (secondary N) is 4. The molecule has 0 radical (unpaired) electrons. The van der Waals surface area contributed by atoms with Crippen LogP contribution in [0.3, 0.4) is 0 Å². The molecule has 2 fully saturated rings. The van der Waals surface area contributed by atoms with Crippen LogP contribution in [0, 0.1) is 5.82 Å². The number of halogens is 1. The molecule has 2 aliphatic rings. The van der Waals surface area contributed by atoms with Gasteiger partial charge in [0.25, 0.3) is 5.91 Å². The summed E-state index contributed by atoms with van der Waals surface area (Å²) in [5.74, 6) is -0.966. The Kier molecular flexibility index (Phi) is 6.08. The van der Waals surface area contributed by atoms with E-state index in [0.717, 1.165) is 23.3 Å². The van der Waals surface area contributed by atoms with Gasteiger partial charge in [-0.3, -0.25) is 25.3 Å². The highest BCUT2D eigenvalue weighted by Crippen LogP contribution is 2.34. The van der Waals surface area contributed by atoms with Gasteiger partial charge in [0.05, 0.1) is 0 Å². The lowest BCUT2D eigenvalue weighted by atomic mass is 9.98. The fraction of sp³-hybridized carbons (Fsp3) is 0.444. The second-order valence-electron chi connectivity index (χ2n) is 6.91. The highest BCUT2D eigenvalue weighted by atomic mass is 32.1. The van der Waals surface area contributed by atoms with Gasteiger partial charge in [0, 0.05) is 19.5 Å². The minimum Gasteiger partial charge on any atom is -0.357 e. The predicted molar refractivity (Wildman–Crippen MR) is 103 cm³/mol. The van der Waals surface area contributed by atoms with Crippen molar-refractivity contribution in [1.82, 2.24) is 26.4 Å². The molecule has 0 aromatic heterocycles. The molecule has 8 nitrogen and oxygen atoms in total. The number of thiocarbonyl (C=S) groups is 1. The number of amides is 4. The van der Waals surface area contributed by atoms with Crippen molar-refractivity contribution < 1.29 is 18.8 Å². The van der Waals surface area contributed by atoms with Gasteiger partial charge in [0.15, 0.2) is 5.11 Å². The summed E-state index contributed by atoms with van der Waals surface area (Å²) in [6, 6.07) is 5.50. The third kappa shape index (κ3) is 4.56. The summed E-state index contributed by atoms with van der Waals surface area (Å²) in [6.07, 6.45) is 3.08. The number of hydrogen-bond donors (Lipinski definition) is 4. The number of carbonyl (C=O) groups excluding carboxylic acids is 3. The second kappa shape index (κ2) is 8.51. The van der Waals surface area contributed by atoms with Crippen molar-refractivity contribution in [1.29, 1.82) is 0 Å². The van der Waals surface area contributed by atoms with Gasteiger partial charge in [-0.15, -0.1) is 0 Å². The maximum Gasteiger partial charge on any atom is 0.325 e. The molecule has 1 aliphatic carbocycles. The first kappa shape index (κ1) is 20.0. The minimum atomic E-state index is -0.766. The highest BCUT2D eigenvalue weighted by molar-refractivity contribution is 7.80. The molecule has 150 valence electrons. The summed E-state index contributed by atoms with van der Waals surface area (Å²) < 4.78 is 12.9. The molecule has 0 atom stereocenters. The van der Waals surface area contributed by atoms with E-state index in [1.54, 1.807) is 12.1 Å². The van der Waals surface area contributed by atoms with Crippen molar-refractivity contribution in [2.45, 2.75) is 44.2 Å². The number of urea groups is 1. The minimum absolute atomic E-state index is 0.00962. The Balaban J connectivity index is 1.37. The van der Waals surface area contributed by atoms with E-state index in [-0.39, 0.29) is 29.8 Å². The Morgan fingerprint density at radius 1 is 1.18 bits per heavy atom. The molecule has 1 spiro atoms. The molecule has 4 amide bonds. The first-order valence-corrected chi connectivity index (χ1v) is 9.52. The third-order valence-electron chi connectivity index (χ3n) is 4.95. The average Bonchev–Trinajstić information content (AvgIpc) is 3.23. The van der Waals surface area contributed by atoms with Crippen LogP contribution < -0.4 is 21.5 Å². The molecule has 1 saturated carbocycles. The SMILES string of the molecule is O=C(CCN1C(=O)NC2(CCCC2)C1=O)NNC(=S)NCc1ccc(F)cc1. The number of hydrazine groups is 1. The Morgan fingerprint density at radius 2 is 1.86 bits per heavy atom. The summed E-state index contributed by atoms with van der Waals surface area (Å²) in [7, 11) is 0. The van der Waals surface area contributed by atoms with E-state index in [1.165, 1.54) is 12.1 Å². The zero-order valence-corrected chi connectivity index (χ0v) is 16.0. The topological polar surface area (TPSA) is 103 Å². The molecule has 1 aliphatic heterocycles. The van der Waals surface area contributed by atoms with Crippen molar-refractivity contribution in [3.63, 3.8) is 0 Å². The number of rotatable bonds is 5. The van der Waals surface area contributed by atoms with E-state index < -0.39 is 17.5 Å². The molecule has 28 heavy (non-hydrogen) atoms. The molecule has 4 N–H and O–H groups in total. The Hall–Kier alpha value is -2.75. The average molecular weight is 407 g/mol. The standard InChI is InChI=1S/C18H22FN5O3S/c19-13-5-3-12(4-6-13)11-20-16(28)23-22-14(25)7-10-24-15(26)18(21-17(24)27)8-1-2-9-18/h3-6H,1-2,7-11H2,(H,21,27)(H,22,25)(H2,20,23,28). The first-order valence-electron chi connectivity index (χ1n) is 9.11. The van der Waals surface area contributed by atoms with E-state index in [2.05, 4.69) is 21.5 Å². The van der Waals surface area contributed by atoms with E-state index in [1.807, 2.05) is 0 Å². The van der Waals surface area contributed by atoms with Crippen LogP contribution in [0.2, 0.25) is 0 Å². The molecule has 3 rings (SSSR count). The van der Waals surface area contributed by atoms with Crippen molar-refractivity contribution in [2.75, 3.05) is 6.54 Å². The van der Waals surface area contributed by atoms with Crippen molar-refractivity contribution >= 4 is 35.2 Å². The number of hydrogen-bond acceptors (Lipinski definition) is 4. The van der Waals surface area contributed by atoms with Gasteiger partial charge in [-0.1, -0.05) is 25.0 Å². The fourth-order valence-electron chi connectivity index (χ4n) is 3.43. The van der Waals surface area contributed by atoms with E-state index >= 15 is 0 Å². The molecule has 1 heterocycles. The molecular formula is C18H22FN5O3S.